The summed E-state index contributed by atoms with van der Waals surface area (Å²) in [5.74, 6) is 0.458. The lowest BCUT2D eigenvalue weighted by atomic mass is 9.99. The normalized spacial score (nSPS) is 18.0. The molecule has 1 unspecified atom stereocenters. The third kappa shape index (κ3) is 3.78. The number of halogens is 1. The molecule has 2 aliphatic rings. The van der Waals surface area contributed by atoms with Gasteiger partial charge in [-0.2, -0.15) is 4.98 Å². The molecule has 0 spiro atoms. The zero-order chi connectivity index (χ0) is 28.3. The lowest BCUT2D eigenvalue weighted by molar-refractivity contribution is -0.679. The molecule has 2 atom stereocenters. The van der Waals surface area contributed by atoms with Crippen LogP contribution in [0.4, 0.5) is 5.82 Å². The largest absolute Gasteiger partial charge is 0.442 e. The number of benzene rings is 1. The molecule has 0 N–H and O–H groups in total. The summed E-state index contributed by atoms with van der Waals surface area (Å²) >= 11 is 7.15. The Balaban J connectivity index is 1.70. The summed E-state index contributed by atoms with van der Waals surface area (Å²) in [6, 6.07) is 11.5. The van der Waals surface area contributed by atoms with Crippen molar-refractivity contribution in [2.24, 2.45) is 0 Å². The summed E-state index contributed by atoms with van der Waals surface area (Å²) < 4.78 is 3.79. The molecule has 202 valence electrons. The number of pyridine rings is 2. The van der Waals surface area contributed by atoms with Crippen LogP contribution in [0.1, 0.15) is 36.7 Å². The third-order valence-corrected chi connectivity index (χ3v) is 8.32. The zero-order valence-electron chi connectivity index (χ0n) is 22.8. The Labute approximate surface area is 237 Å². The Morgan fingerprint density at radius 1 is 1.18 bits per heavy atom. The van der Waals surface area contributed by atoms with Crippen molar-refractivity contribution in [3.05, 3.63) is 94.2 Å². The van der Waals surface area contributed by atoms with Crippen LogP contribution < -0.4 is 15.2 Å². The van der Waals surface area contributed by atoms with E-state index in [1.165, 1.54) is 6.08 Å². The van der Waals surface area contributed by atoms with Crippen LogP contribution in [0.3, 0.4) is 0 Å². The van der Waals surface area contributed by atoms with E-state index >= 15 is 0 Å². The van der Waals surface area contributed by atoms with Gasteiger partial charge in [0.2, 0.25) is 5.91 Å². The number of aryl methyl sites for hydroxylation is 1. The molecule has 1 saturated heterocycles. The minimum Gasteiger partial charge on any atom is -0.349 e. The van der Waals surface area contributed by atoms with Crippen LogP contribution in [-0.2, 0) is 4.79 Å². The quantitative estimate of drug-likeness (QED) is 0.275. The molecule has 8 nitrogen and oxygen atoms in total. The Hall–Kier alpha value is -4.30. The van der Waals surface area contributed by atoms with E-state index < -0.39 is 0 Å². The molecule has 5 heterocycles. The smallest absolute Gasteiger partial charge is 0.349 e. The van der Waals surface area contributed by atoms with Gasteiger partial charge < -0.3 is 9.80 Å². The average molecular weight is 554 g/mol. The molecular weight excluding hydrogens is 524 g/mol. The van der Waals surface area contributed by atoms with Crippen molar-refractivity contribution in [1.29, 1.82) is 0 Å². The van der Waals surface area contributed by atoms with E-state index in [9.17, 15) is 9.59 Å². The molecule has 1 fully saturated rings. The van der Waals surface area contributed by atoms with Crippen LogP contribution in [-0.4, -0.2) is 51.0 Å². The maximum atomic E-state index is 14.0. The number of amides is 1. The Morgan fingerprint density at radius 3 is 2.67 bits per heavy atom. The molecule has 4 aromatic rings. The first-order valence-electron chi connectivity index (χ1n) is 13.3. The number of hydrogen-bond acceptors (Lipinski definition) is 5. The summed E-state index contributed by atoms with van der Waals surface area (Å²) in [6.45, 7) is 15.3. The second kappa shape index (κ2) is 9.71. The summed E-state index contributed by atoms with van der Waals surface area (Å²) in [5.41, 5.74) is 5.42. The van der Waals surface area contributed by atoms with Gasteiger partial charge >= 0.3 is 11.3 Å². The molecule has 0 bridgehead atoms. The fourth-order valence-corrected chi connectivity index (χ4v) is 6.44. The molecule has 0 saturated carbocycles. The van der Waals surface area contributed by atoms with E-state index in [4.69, 9.17) is 16.6 Å². The van der Waals surface area contributed by atoms with Crippen LogP contribution in [0, 0.1) is 6.92 Å². The molecule has 0 radical (unpaired) electrons. The van der Waals surface area contributed by atoms with Gasteiger partial charge in [-0.1, -0.05) is 55.1 Å². The SMILES string of the molecule is C=CC(=O)N1CCN(c2nc(=O)n3c4c2cc(Cl)c(-c2ccccc2C=C)[n+]4C(C)c2nccc(C)c2-3)[C@@H](C)C1. The number of anilines is 1. The predicted octanol–water partition coefficient (Wildman–Crippen LogP) is 4.49. The molecular formula is C31H30ClN6O2+. The van der Waals surface area contributed by atoms with Crippen LogP contribution in [0.5, 0.6) is 0 Å². The highest BCUT2D eigenvalue weighted by Crippen LogP contribution is 2.39. The predicted molar refractivity (Wildman–Crippen MR) is 158 cm³/mol. The fraction of sp³-hybridized carbons (Fsp3) is 0.258. The van der Waals surface area contributed by atoms with Crippen molar-refractivity contribution in [2.75, 3.05) is 24.5 Å². The first-order chi connectivity index (χ1) is 19.3. The topological polar surface area (TPSA) is 75.2 Å². The number of hydrogen-bond donors (Lipinski definition) is 0. The van der Waals surface area contributed by atoms with Gasteiger partial charge in [0.05, 0.1) is 5.02 Å². The maximum Gasteiger partial charge on any atom is 0.442 e. The van der Waals surface area contributed by atoms with Gasteiger partial charge in [0.15, 0.2) is 17.2 Å². The Morgan fingerprint density at radius 2 is 1.95 bits per heavy atom. The van der Waals surface area contributed by atoms with Crippen LogP contribution in [0.15, 0.2) is 66.6 Å². The maximum absolute atomic E-state index is 14.0. The van der Waals surface area contributed by atoms with E-state index in [1.807, 2.05) is 56.3 Å². The van der Waals surface area contributed by atoms with E-state index in [1.54, 1.807) is 15.7 Å². The number of nitrogens with zero attached hydrogens (tertiary/aromatic N) is 6. The van der Waals surface area contributed by atoms with Gasteiger partial charge in [-0.25, -0.2) is 9.36 Å². The molecule has 9 heteroatoms. The highest BCUT2D eigenvalue weighted by Gasteiger charge is 2.40. The van der Waals surface area contributed by atoms with E-state index in [0.717, 1.165) is 39.2 Å². The van der Waals surface area contributed by atoms with Crippen LogP contribution in [0.2, 0.25) is 5.02 Å². The van der Waals surface area contributed by atoms with Crippen molar-refractivity contribution in [3.8, 4) is 16.9 Å². The van der Waals surface area contributed by atoms with Gasteiger partial charge in [0.25, 0.3) is 0 Å². The van der Waals surface area contributed by atoms with Crippen molar-refractivity contribution in [2.45, 2.75) is 32.9 Å². The second-order valence-electron chi connectivity index (χ2n) is 10.4. The standard InChI is InChI=1S/C31H30ClN6O2/c1-6-21-10-8-9-11-22(21)28-24(32)16-23-29(36-15-14-35(17-19(36)4)25(39)7-2)34-31(40)38-27-18(3)12-13-33-26(27)20(5)37(28)30(23)38/h6-13,16,19-20H,1-2,14-15,17H2,3-5H3/q+1/t19-,20?/m0/s1. The Bertz CT molecular complexity index is 1800. The van der Waals surface area contributed by atoms with Gasteiger partial charge in [-0.15, -0.1) is 4.57 Å². The van der Waals surface area contributed by atoms with Gasteiger partial charge in [0.1, 0.15) is 17.1 Å². The number of aromatic nitrogens is 4. The number of rotatable bonds is 4. The van der Waals surface area contributed by atoms with Crippen molar-refractivity contribution in [3.63, 3.8) is 0 Å². The second-order valence-corrected chi connectivity index (χ2v) is 10.8. The molecule has 3 aromatic heterocycles. The van der Waals surface area contributed by atoms with Crippen LogP contribution >= 0.6 is 11.6 Å². The van der Waals surface area contributed by atoms with E-state index in [0.29, 0.717) is 36.1 Å². The van der Waals surface area contributed by atoms with Gasteiger partial charge in [-0.3, -0.25) is 9.78 Å². The summed E-state index contributed by atoms with van der Waals surface area (Å²) in [5, 5.41) is 1.30. The lowest BCUT2D eigenvalue weighted by Crippen LogP contribution is -2.55. The van der Waals surface area contributed by atoms with Crippen molar-refractivity contribution >= 4 is 40.4 Å². The van der Waals surface area contributed by atoms with Crippen molar-refractivity contribution in [1.82, 2.24) is 19.4 Å². The van der Waals surface area contributed by atoms with Gasteiger partial charge in [-0.05, 0) is 44.5 Å². The summed E-state index contributed by atoms with van der Waals surface area (Å²) in [7, 11) is 0. The fourth-order valence-electron chi connectivity index (χ4n) is 6.13. The summed E-state index contributed by atoms with van der Waals surface area (Å²) in [6.07, 6.45) is 4.92. The molecule has 2 aliphatic heterocycles. The number of piperazine rings is 1. The highest BCUT2D eigenvalue weighted by atomic mass is 35.5. The van der Waals surface area contributed by atoms with E-state index in [2.05, 4.69) is 34.5 Å². The number of fused-ring (bicyclic) bond motifs is 2. The van der Waals surface area contributed by atoms with E-state index in [-0.39, 0.29) is 23.7 Å². The highest BCUT2D eigenvalue weighted by molar-refractivity contribution is 6.33. The summed E-state index contributed by atoms with van der Waals surface area (Å²) in [4.78, 5) is 39.5. The molecule has 6 rings (SSSR count). The molecule has 1 aromatic carbocycles. The molecule has 40 heavy (non-hydrogen) atoms. The number of carbonyl (C=O) groups excluding carboxylic acids is 1. The average Bonchev–Trinajstić information content (AvgIpc) is 2.95. The minimum atomic E-state index is -0.387. The lowest BCUT2D eigenvalue weighted by Gasteiger charge is -2.40. The first kappa shape index (κ1) is 26.0. The van der Waals surface area contributed by atoms with Crippen molar-refractivity contribution < 1.29 is 9.36 Å². The number of carbonyl (C=O) groups is 1. The molecule has 0 aliphatic carbocycles. The Kier molecular flexibility index (Phi) is 6.30. The third-order valence-electron chi connectivity index (χ3n) is 8.04. The zero-order valence-corrected chi connectivity index (χ0v) is 23.5. The minimum absolute atomic E-state index is 0.0759. The molecule has 1 amide bonds. The van der Waals surface area contributed by atoms with Gasteiger partial charge in [0, 0.05) is 43.0 Å². The first-order valence-corrected chi connectivity index (χ1v) is 13.7. The van der Waals surface area contributed by atoms with Crippen LogP contribution in [0.25, 0.3) is 34.1 Å². The monoisotopic (exact) mass is 553 g/mol.